The van der Waals surface area contributed by atoms with Gasteiger partial charge in [0.15, 0.2) is 6.10 Å². The van der Waals surface area contributed by atoms with Crippen LogP contribution in [0.15, 0.2) is 65.1 Å². The van der Waals surface area contributed by atoms with Crippen LogP contribution in [-0.4, -0.2) is 37.5 Å². The maximum Gasteiger partial charge on any atom is 0.326 e. The second-order valence-corrected chi connectivity index (χ2v) is 9.62. The molecule has 0 fully saturated rings. The molecule has 8 nitrogen and oxygen atoms in total. The number of halogens is 1. The summed E-state index contributed by atoms with van der Waals surface area (Å²) in [5.74, 6) is -1.41. The monoisotopic (exact) mass is 536 g/mol. The molecule has 1 unspecified atom stereocenters. The van der Waals surface area contributed by atoms with E-state index in [9.17, 15) is 14.4 Å². The van der Waals surface area contributed by atoms with Gasteiger partial charge >= 0.3 is 5.97 Å². The normalized spacial score (nSPS) is 12.0. The standard InChI is InChI=1S/C27H21ClN2O6S/c1-14(35-23(31)13-29-27(33)25-24(28)16-8-4-6-10-22(16)37-25)26(32)30-18-12-20-17(11-21(18)34-2)15-7-3-5-9-19(15)36-20/h3-12,14H,13H2,1-2H3,(H,29,33)(H,30,32). The van der Waals surface area contributed by atoms with E-state index in [1.54, 1.807) is 12.1 Å². The minimum absolute atomic E-state index is 0.300. The van der Waals surface area contributed by atoms with Crippen LogP contribution >= 0.6 is 22.9 Å². The van der Waals surface area contributed by atoms with E-state index in [4.69, 9.17) is 25.5 Å². The number of hydrogen-bond acceptors (Lipinski definition) is 7. The maximum absolute atomic E-state index is 12.8. The van der Waals surface area contributed by atoms with E-state index in [-0.39, 0.29) is 0 Å². The Balaban J connectivity index is 1.22. The van der Waals surface area contributed by atoms with Gasteiger partial charge in [0.25, 0.3) is 11.8 Å². The van der Waals surface area contributed by atoms with E-state index < -0.39 is 30.4 Å². The number of carbonyl (C=O) groups excluding carboxylic acids is 3. The molecule has 0 aliphatic carbocycles. The Kier molecular flexibility index (Phi) is 6.73. The van der Waals surface area contributed by atoms with Gasteiger partial charge < -0.3 is 24.5 Å². The number of hydrogen-bond donors (Lipinski definition) is 2. The Morgan fingerprint density at radius 2 is 1.73 bits per heavy atom. The molecule has 0 bridgehead atoms. The summed E-state index contributed by atoms with van der Waals surface area (Å²) in [4.78, 5) is 37.9. The molecule has 0 spiro atoms. The van der Waals surface area contributed by atoms with Gasteiger partial charge in [0, 0.05) is 26.9 Å². The van der Waals surface area contributed by atoms with Crippen LogP contribution in [0.4, 0.5) is 5.69 Å². The predicted octanol–water partition coefficient (Wildman–Crippen LogP) is 5.76. The quantitative estimate of drug-likeness (QED) is 0.256. The van der Waals surface area contributed by atoms with Gasteiger partial charge in [-0.15, -0.1) is 11.3 Å². The van der Waals surface area contributed by atoms with Crippen LogP contribution in [-0.2, 0) is 14.3 Å². The fourth-order valence-corrected chi connectivity index (χ4v) is 5.37. The Morgan fingerprint density at radius 3 is 2.49 bits per heavy atom. The van der Waals surface area contributed by atoms with Crippen LogP contribution in [0, 0.1) is 0 Å². The highest BCUT2D eigenvalue weighted by Crippen LogP contribution is 2.37. The van der Waals surface area contributed by atoms with Crippen LogP contribution in [0.2, 0.25) is 5.02 Å². The number of amides is 2. The van der Waals surface area contributed by atoms with Crippen molar-refractivity contribution in [3.8, 4) is 5.75 Å². The minimum atomic E-state index is -1.13. The van der Waals surface area contributed by atoms with Crippen molar-refractivity contribution >= 4 is 78.4 Å². The number of para-hydroxylation sites is 1. The van der Waals surface area contributed by atoms with Gasteiger partial charge in [-0.25, -0.2) is 0 Å². The highest BCUT2D eigenvalue weighted by Gasteiger charge is 2.22. The zero-order valence-corrected chi connectivity index (χ0v) is 21.4. The fourth-order valence-electron chi connectivity index (χ4n) is 3.94. The number of benzene rings is 3. The summed E-state index contributed by atoms with van der Waals surface area (Å²) >= 11 is 7.55. The van der Waals surface area contributed by atoms with Crippen LogP contribution in [0.1, 0.15) is 16.6 Å². The molecule has 0 aliphatic rings. The van der Waals surface area contributed by atoms with Crippen molar-refractivity contribution in [3.63, 3.8) is 0 Å². The topological polar surface area (TPSA) is 107 Å². The molecule has 2 aromatic heterocycles. The van der Waals surface area contributed by atoms with Crippen molar-refractivity contribution in [1.82, 2.24) is 5.32 Å². The van der Waals surface area contributed by atoms with E-state index in [1.807, 2.05) is 48.5 Å². The number of ether oxygens (including phenoxy) is 2. The molecule has 37 heavy (non-hydrogen) atoms. The van der Waals surface area contributed by atoms with Gasteiger partial charge in [0.2, 0.25) is 0 Å². The third kappa shape index (κ3) is 4.83. The Labute approximate surface area is 220 Å². The molecule has 1 atom stereocenters. The van der Waals surface area contributed by atoms with Gasteiger partial charge in [0.05, 0.1) is 17.8 Å². The number of anilines is 1. The number of fused-ring (bicyclic) bond motifs is 4. The van der Waals surface area contributed by atoms with Gasteiger partial charge in [0.1, 0.15) is 28.3 Å². The smallest absolute Gasteiger partial charge is 0.326 e. The molecule has 0 saturated heterocycles. The summed E-state index contributed by atoms with van der Waals surface area (Å²) in [6.45, 7) is 1.01. The first-order chi connectivity index (χ1) is 17.9. The highest BCUT2D eigenvalue weighted by atomic mass is 35.5. The molecule has 188 valence electrons. The first kappa shape index (κ1) is 24.6. The fraction of sp³-hybridized carbons (Fsp3) is 0.148. The second kappa shape index (κ2) is 10.1. The van der Waals surface area contributed by atoms with Crippen LogP contribution in [0.25, 0.3) is 32.0 Å². The molecule has 2 amide bonds. The maximum atomic E-state index is 12.8. The first-order valence-electron chi connectivity index (χ1n) is 11.3. The van der Waals surface area contributed by atoms with Crippen molar-refractivity contribution in [2.24, 2.45) is 0 Å². The summed E-state index contributed by atoms with van der Waals surface area (Å²) in [5.41, 5.74) is 1.66. The number of methoxy groups -OCH3 is 1. The number of carbonyl (C=O) groups is 3. The lowest BCUT2D eigenvalue weighted by Crippen LogP contribution is -2.35. The zero-order valence-electron chi connectivity index (χ0n) is 19.8. The van der Waals surface area contributed by atoms with E-state index in [2.05, 4.69) is 10.6 Å². The lowest BCUT2D eigenvalue weighted by Gasteiger charge is -2.15. The average molecular weight is 537 g/mol. The van der Waals surface area contributed by atoms with E-state index in [1.165, 1.54) is 25.4 Å². The van der Waals surface area contributed by atoms with Crippen LogP contribution < -0.4 is 15.4 Å². The highest BCUT2D eigenvalue weighted by molar-refractivity contribution is 7.21. The molecular weight excluding hydrogens is 516 g/mol. The van der Waals surface area contributed by atoms with Crippen molar-refractivity contribution in [2.45, 2.75) is 13.0 Å². The summed E-state index contributed by atoms with van der Waals surface area (Å²) < 4.78 is 17.4. The molecule has 5 aromatic rings. The predicted molar refractivity (Wildman–Crippen MR) is 144 cm³/mol. The molecule has 0 aliphatic heterocycles. The summed E-state index contributed by atoms with van der Waals surface area (Å²) in [5, 5.41) is 8.07. The molecule has 5 rings (SSSR count). The Bertz CT molecular complexity index is 1670. The molecule has 2 heterocycles. The molecule has 0 saturated carbocycles. The van der Waals surface area contributed by atoms with Gasteiger partial charge in [-0.05, 0) is 25.1 Å². The van der Waals surface area contributed by atoms with Crippen LogP contribution in [0.3, 0.4) is 0 Å². The van der Waals surface area contributed by atoms with Gasteiger partial charge in [-0.2, -0.15) is 0 Å². The molecule has 3 aromatic carbocycles. The third-order valence-corrected chi connectivity index (χ3v) is 7.44. The van der Waals surface area contributed by atoms with E-state index in [0.29, 0.717) is 32.5 Å². The second-order valence-electron chi connectivity index (χ2n) is 8.19. The number of furan rings is 1. The third-order valence-electron chi connectivity index (χ3n) is 5.77. The lowest BCUT2D eigenvalue weighted by atomic mass is 10.1. The van der Waals surface area contributed by atoms with Crippen molar-refractivity contribution in [2.75, 3.05) is 19.0 Å². The Morgan fingerprint density at radius 1 is 1.00 bits per heavy atom. The number of rotatable bonds is 7. The molecule has 0 radical (unpaired) electrons. The van der Waals surface area contributed by atoms with Crippen molar-refractivity contribution < 1.29 is 28.3 Å². The number of thiophene rings is 1. The summed E-state index contributed by atoms with van der Waals surface area (Å²) in [6.07, 6.45) is -1.13. The van der Waals surface area contributed by atoms with Crippen LogP contribution in [0.5, 0.6) is 5.75 Å². The minimum Gasteiger partial charge on any atom is -0.495 e. The number of nitrogens with one attached hydrogen (secondary N) is 2. The van der Waals surface area contributed by atoms with Gasteiger partial charge in [-0.1, -0.05) is 48.0 Å². The lowest BCUT2D eigenvalue weighted by molar-refractivity contribution is -0.152. The molecular formula is C27H21ClN2O6S. The van der Waals surface area contributed by atoms with Gasteiger partial charge in [-0.3, -0.25) is 14.4 Å². The molecule has 10 heteroatoms. The average Bonchev–Trinajstić information content (AvgIpc) is 3.43. The SMILES string of the molecule is COc1cc2c(cc1NC(=O)C(C)OC(=O)CNC(=O)c1sc3ccccc3c1Cl)oc1ccccc12. The molecule has 2 N–H and O–H groups in total. The van der Waals surface area contributed by atoms with E-state index >= 15 is 0 Å². The summed E-state index contributed by atoms with van der Waals surface area (Å²) in [7, 11) is 1.49. The van der Waals surface area contributed by atoms with E-state index in [0.717, 1.165) is 20.9 Å². The zero-order chi connectivity index (χ0) is 26.1. The summed E-state index contributed by atoms with van der Waals surface area (Å²) in [6, 6.07) is 18.4. The largest absolute Gasteiger partial charge is 0.495 e. The Hall–Kier alpha value is -4.08. The number of esters is 1. The van der Waals surface area contributed by atoms with Crippen molar-refractivity contribution in [1.29, 1.82) is 0 Å². The first-order valence-corrected chi connectivity index (χ1v) is 12.5. The van der Waals surface area contributed by atoms with Crippen molar-refractivity contribution in [3.05, 3.63) is 70.6 Å².